The van der Waals surface area contributed by atoms with Crippen molar-refractivity contribution < 1.29 is 14.6 Å². The number of anilines is 1. The van der Waals surface area contributed by atoms with Crippen LogP contribution in [0.1, 0.15) is 19.8 Å². The molecule has 0 bridgehead atoms. The molecule has 3 N–H and O–H groups in total. The lowest BCUT2D eigenvalue weighted by Crippen LogP contribution is -2.39. The lowest BCUT2D eigenvalue weighted by atomic mass is 10.2. The Hall–Kier alpha value is -1.30. The summed E-state index contributed by atoms with van der Waals surface area (Å²) in [5, 5.41) is 10.1. The highest BCUT2D eigenvalue weighted by molar-refractivity contribution is 5.51. The highest BCUT2D eigenvalue weighted by Gasteiger charge is 2.20. The van der Waals surface area contributed by atoms with Gasteiger partial charge in [-0.25, -0.2) is 0 Å². The Morgan fingerprint density at radius 2 is 2.29 bits per heavy atom. The smallest absolute Gasteiger partial charge is 0.142 e. The Morgan fingerprint density at radius 3 is 2.95 bits per heavy atom. The van der Waals surface area contributed by atoms with Crippen molar-refractivity contribution in [2.24, 2.45) is 0 Å². The molecule has 21 heavy (non-hydrogen) atoms. The van der Waals surface area contributed by atoms with E-state index in [1.54, 1.807) is 6.07 Å². The molecule has 2 rings (SSSR count). The van der Waals surface area contributed by atoms with Crippen molar-refractivity contribution in [3.05, 3.63) is 24.3 Å². The van der Waals surface area contributed by atoms with Gasteiger partial charge in [-0.15, -0.1) is 0 Å². The van der Waals surface area contributed by atoms with Crippen molar-refractivity contribution in [1.29, 1.82) is 0 Å². The summed E-state index contributed by atoms with van der Waals surface area (Å²) in [6, 6.07) is 7.33. The number of likely N-dealkylation sites (N-methyl/N-ethyl adjacent to an activating group) is 1. The van der Waals surface area contributed by atoms with Crippen LogP contribution in [0.4, 0.5) is 5.69 Å². The van der Waals surface area contributed by atoms with Crippen molar-refractivity contribution in [3.8, 4) is 5.75 Å². The van der Waals surface area contributed by atoms with E-state index in [-0.39, 0.29) is 6.61 Å². The number of aliphatic hydroxyl groups excluding tert-OH is 1. The van der Waals surface area contributed by atoms with Crippen LogP contribution in [-0.2, 0) is 4.74 Å². The van der Waals surface area contributed by atoms with Crippen molar-refractivity contribution in [2.45, 2.75) is 32.0 Å². The van der Waals surface area contributed by atoms with Gasteiger partial charge in [-0.05, 0) is 31.5 Å². The average Bonchev–Trinajstić information content (AvgIpc) is 2.98. The molecule has 1 aromatic rings. The molecule has 0 amide bonds. The summed E-state index contributed by atoms with van der Waals surface area (Å²) in [5.74, 6) is 0.624. The lowest BCUT2D eigenvalue weighted by Gasteiger charge is -2.26. The lowest BCUT2D eigenvalue weighted by molar-refractivity contribution is 0.0366. The first-order valence-corrected chi connectivity index (χ1v) is 7.68. The van der Waals surface area contributed by atoms with Gasteiger partial charge >= 0.3 is 0 Å². The molecule has 2 unspecified atom stereocenters. The molecule has 1 aliphatic rings. The Labute approximate surface area is 126 Å². The highest BCUT2D eigenvalue weighted by Crippen LogP contribution is 2.20. The van der Waals surface area contributed by atoms with E-state index in [2.05, 4.69) is 11.8 Å². The van der Waals surface area contributed by atoms with Gasteiger partial charge in [0.1, 0.15) is 18.5 Å². The average molecular weight is 294 g/mol. The molecule has 2 atom stereocenters. The normalized spacial score (nSPS) is 19.9. The predicted molar refractivity (Wildman–Crippen MR) is 83.4 cm³/mol. The van der Waals surface area contributed by atoms with Crippen molar-refractivity contribution in [3.63, 3.8) is 0 Å². The summed E-state index contributed by atoms with van der Waals surface area (Å²) < 4.78 is 11.2. The molecule has 1 aromatic carbocycles. The SMILES string of the molecule is CCN(CC(O)COc1ccccc1N)CC1CCCO1. The van der Waals surface area contributed by atoms with Crippen molar-refractivity contribution >= 4 is 5.69 Å². The molecule has 1 fully saturated rings. The molecule has 1 saturated heterocycles. The quantitative estimate of drug-likeness (QED) is 0.711. The minimum Gasteiger partial charge on any atom is -0.489 e. The molecule has 0 radical (unpaired) electrons. The van der Waals surface area contributed by atoms with Crippen LogP contribution in [0.3, 0.4) is 0 Å². The number of aliphatic hydroxyl groups is 1. The first kappa shape index (κ1) is 16.1. The van der Waals surface area contributed by atoms with Crippen LogP contribution < -0.4 is 10.5 Å². The van der Waals surface area contributed by atoms with Gasteiger partial charge in [-0.3, -0.25) is 4.90 Å². The third-order valence-corrected chi connectivity index (χ3v) is 3.75. The van der Waals surface area contributed by atoms with E-state index in [1.165, 1.54) is 0 Å². The number of hydrogen-bond donors (Lipinski definition) is 2. The zero-order valence-corrected chi connectivity index (χ0v) is 12.7. The summed E-state index contributed by atoms with van der Waals surface area (Å²) in [4.78, 5) is 2.21. The molecule has 118 valence electrons. The van der Waals surface area contributed by atoms with Gasteiger partial charge in [0.15, 0.2) is 0 Å². The maximum atomic E-state index is 10.1. The Kier molecular flexibility index (Phi) is 6.29. The fraction of sp³-hybridized carbons (Fsp3) is 0.625. The molecule has 0 aliphatic carbocycles. The van der Waals surface area contributed by atoms with Crippen LogP contribution in [0, 0.1) is 0 Å². The van der Waals surface area contributed by atoms with Crippen LogP contribution in [0.15, 0.2) is 24.3 Å². The number of nitrogen functional groups attached to an aromatic ring is 1. The predicted octanol–water partition coefficient (Wildman–Crippen LogP) is 1.51. The highest BCUT2D eigenvalue weighted by atomic mass is 16.5. The number of rotatable bonds is 8. The van der Waals surface area contributed by atoms with Gasteiger partial charge in [0.25, 0.3) is 0 Å². The Bertz CT molecular complexity index is 422. The first-order valence-electron chi connectivity index (χ1n) is 7.68. The molecule has 0 saturated carbocycles. The second kappa shape index (κ2) is 8.22. The maximum Gasteiger partial charge on any atom is 0.142 e. The summed E-state index contributed by atoms with van der Waals surface area (Å²) in [5.41, 5.74) is 6.40. The standard InChI is InChI=1S/C16H26N2O3/c1-2-18(11-14-6-5-9-20-14)10-13(19)12-21-16-8-4-3-7-15(16)17/h3-4,7-8,13-14,19H,2,5-6,9-12,17H2,1H3. The van der Waals surface area contributed by atoms with E-state index in [0.29, 0.717) is 24.1 Å². The molecular weight excluding hydrogens is 268 g/mol. The first-order chi connectivity index (χ1) is 10.2. The van der Waals surface area contributed by atoms with E-state index < -0.39 is 6.10 Å². The van der Waals surface area contributed by atoms with Gasteiger partial charge in [0, 0.05) is 19.7 Å². The fourth-order valence-electron chi connectivity index (χ4n) is 2.56. The second-order valence-corrected chi connectivity index (χ2v) is 5.49. The largest absolute Gasteiger partial charge is 0.489 e. The third-order valence-electron chi connectivity index (χ3n) is 3.75. The number of nitrogens with zero attached hydrogens (tertiary/aromatic N) is 1. The summed E-state index contributed by atoms with van der Waals surface area (Å²) in [7, 11) is 0. The molecule has 0 aromatic heterocycles. The third kappa shape index (κ3) is 5.19. The fourth-order valence-corrected chi connectivity index (χ4v) is 2.56. The molecular formula is C16H26N2O3. The van der Waals surface area contributed by atoms with Crippen LogP contribution in [0.2, 0.25) is 0 Å². The Morgan fingerprint density at radius 1 is 1.48 bits per heavy atom. The van der Waals surface area contributed by atoms with E-state index in [4.69, 9.17) is 15.2 Å². The summed E-state index contributed by atoms with van der Waals surface area (Å²) >= 11 is 0. The number of ether oxygens (including phenoxy) is 2. The number of nitrogens with two attached hydrogens (primary N) is 1. The van der Waals surface area contributed by atoms with Crippen LogP contribution >= 0.6 is 0 Å². The van der Waals surface area contributed by atoms with E-state index in [9.17, 15) is 5.11 Å². The van der Waals surface area contributed by atoms with Crippen LogP contribution in [-0.4, -0.2) is 55.1 Å². The monoisotopic (exact) mass is 294 g/mol. The van der Waals surface area contributed by atoms with Gasteiger partial charge in [0.2, 0.25) is 0 Å². The molecule has 1 heterocycles. The van der Waals surface area contributed by atoms with Gasteiger partial charge in [-0.2, -0.15) is 0 Å². The van der Waals surface area contributed by atoms with Crippen LogP contribution in [0.25, 0.3) is 0 Å². The summed E-state index contributed by atoms with van der Waals surface area (Å²) in [6.07, 6.45) is 2.03. The van der Waals surface area contributed by atoms with Crippen LogP contribution in [0.5, 0.6) is 5.75 Å². The summed E-state index contributed by atoms with van der Waals surface area (Å²) in [6.45, 7) is 5.56. The zero-order chi connectivity index (χ0) is 15.1. The van der Waals surface area contributed by atoms with Crippen molar-refractivity contribution in [1.82, 2.24) is 4.90 Å². The van der Waals surface area contributed by atoms with Gasteiger partial charge in [-0.1, -0.05) is 19.1 Å². The zero-order valence-electron chi connectivity index (χ0n) is 12.7. The maximum absolute atomic E-state index is 10.1. The van der Waals surface area contributed by atoms with Crippen molar-refractivity contribution in [2.75, 3.05) is 38.6 Å². The topological polar surface area (TPSA) is 68.0 Å². The number of para-hydroxylation sites is 2. The van der Waals surface area contributed by atoms with Gasteiger partial charge < -0.3 is 20.3 Å². The van der Waals surface area contributed by atoms with E-state index in [1.807, 2.05) is 18.2 Å². The molecule has 0 spiro atoms. The minimum absolute atomic E-state index is 0.246. The van der Waals surface area contributed by atoms with Gasteiger partial charge in [0.05, 0.1) is 11.8 Å². The molecule has 1 aliphatic heterocycles. The molecule has 5 heteroatoms. The van der Waals surface area contributed by atoms with E-state index >= 15 is 0 Å². The minimum atomic E-state index is -0.536. The molecule has 5 nitrogen and oxygen atoms in total. The van der Waals surface area contributed by atoms with E-state index in [0.717, 1.165) is 32.5 Å². The number of hydrogen-bond acceptors (Lipinski definition) is 5. The Balaban J connectivity index is 1.74. The second-order valence-electron chi connectivity index (χ2n) is 5.49. The number of benzene rings is 1.